The average Bonchev–Trinajstić information content (AvgIpc) is 3.09. The first-order chi connectivity index (χ1) is 15.9. The highest BCUT2D eigenvalue weighted by atomic mass is 35.5. The SMILES string of the molecule is COc1cccc(C2/C(=C(\O)c3cc(OC)ccc3Cl)C(=O)C(=O)N2c2ccccc2O)c1. The van der Waals surface area contributed by atoms with Gasteiger partial charge in [-0.25, -0.2) is 0 Å². The van der Waals surface area contributed by atoms with Gasteiger partial charge in [0.1, 0.15) is 23.0 Å². The maximum absolute atomic E-state index is 13.2. The highest BCUT2D eigenvalue weighted by Crippen LogP contribution is 2.45. The van der Waals surface area contributed by atoms with Gasteiger partial charge >= 0.3 is 0 Å². The van der Waals surface area contributed by atoms with Crippen LogP contribution in [0.5, 0.6) is 17.2 Å². The highest BCUT2D eigenvalue weighted by molar-refractivity contribution is 6.52. The monoisotopic (exact) mass is 465 g/mol. The Morgan fingerprint density at radius 1 is 0.939 bits per heavy atom. The fourth-order valence-corrected chi connectivity index (χ4v) is 4.04. The molecule has 7 nitrogen and oxygen atoms in total. The van der Waals surface area contributed by atoms with E-state index < -0.39 is 23.5 Å². The second kappa shape index (κ2) is 8.88. The maximum atomic E-state index is 13.2. The molecule has 0 radical (unpaired) electrons. The number of amides is 1. The summed E-state index contributed by atoms with van der Waals surface area (Å²) in [6.45, 7) is 0. The zero-order valence-electron chi connectivity index (χ0n) is 17.8. The van der Waals surface area contributed by atoms with Crippen molar-refractivity contribution < 1.29 is 29.3 Å². The number of halogens is 1. The smallest absolute Gasteiger partial charge is 0.300 e. The van der Waals surface area contributed by atoms with Gasteiger partial charge in [-0.2, -0.15) is 0 Å². The Hall–Kier alpha value is -3.97. The van der Waals surface area contributed by atoms with E-state index in [-0.39, 0.29) is 27.6 Å². The topological polar surface area (TPSA) is 96.3 Å². The molecular formula is C25H20ClNO6. The van der Waals surface area contributed by atoms with Gasteiger partial charge < -0.3 is 19.7 Å². The number of aliphatic hydroxyl groups is 1. The van der Waals surface area contributed by atoms with Gasteiger partial charge in [0.05, 0.1) is 36.5 Å². The second-order valence-corrected chi connectivity index (χ2v) is 7.69. The molecule has 0 spiro atoms. The van der Waals surface area contributed by atoms with Crippen LogP contribution in [0.15, 0.2) is 72.3 Å². The predicted molar refractivity (Wildman–Crippen MR) is 124 cm³/mol. The van der Waals surface area contributed by atoms with E-state index in [1.54, 1.807) is 42.5 Å². The lowest BCUT2D eigenvalue weighted by atomic mass is 9.94. The summed E-state index contributed by atoms with van der Waals surface area (Å²) in [5.74, 6) is -1.55. The number of aliphatic hydroxyl groups excluding tert-OH is 1. The fourth-order valence-electron chi connectivity index (χ4n) is 3.83. The number of carbonyl (C=O) groups excluding carboxylic acids is 2. The number of phenolic OH excluding ortho intramolecular Hbond substituents is 1. The number of nitrogens with zero attached hydrogens (tertiary/aromatic N) is 1. The van der Waals surface area contributed by atoms with Gasteiger partial charge in [0.25, 0.3) is 11.7 Å². The van der Waals surface area contributed by atoms with Crippen molar-refractivity contribution in [2.45, 2.75) is 6.04 Å². The Bertz CT molecular complexity index is 1290. The molecule has 0 aromatic heterocycles. The van der Waals surface area contributed by atoms with Crippen molar-refractivity contribution >= 4 is 34.7 Å². The fraction of sp³-hybridized carbons (Fsp3) is 0.120. The zero-order chi connectivity index (χ0) is 23.7. The van der Waals surface area contributed by atoms with Crippen molar-refractivity contribution in [3.05, 3.63) is 88.5 Å². The standard InChI is InChI=1S/C25H20ClNO6/c1-32-15-7-5-6-14(12-15)22-21(23(29)17-13-16(33-2)10-11-18(17)26)24(30)25(31)27(22)19-8-3-4-9-20(19)28/h3-13,22,28-29H,1-2H3/b23-21+. The summed E-state index contributed by atoms with van der Waals surface area (Å²) in [4.78, 5) is 27.6. The van der Waals surface area contributed by atoms with Crippen LogP contribution in [-0.4, -0.2) is 36.1 Å². The molecular weight excluding hydrogens is 446 g/mol. The van der Waals surface area contributed by atoms with E-state index in [1.165, 1.54) is 38.5 Å². The minimum Gasteiger partial charge on any atom is -0.507 e. The zero-order valence-corrected chi connectivity index (χ0v) is 18.5. The average molecular weight is 466 g/mol. The molecule has 1 atom stereocenters. The molecule has 2 N–H and O–H groups in total. The Morgan fingerprint density at radius 2 is 1.64 bits per heavy atom. The van der Waals surface area contributed by atoms with E-state index >= 15 is 0 Å². The van der Waals surface area contributed by atoms with Crippen LogP contribution in [0, 0.1) is 0 Å². The van der Waals surface area contributed by atoms with Crippen molar-refractivity contribution in [3.8, 4) is 17.2 Å². The minimum absolute atomic E-state index is 0.128. The Labute approximate surface area is 195 Å². The summed E-state index contributed by atoms with van der Waals surface area (Å²) in [6.07, 6.45) is 0. The molecule has 3 aromatic carbocycles. The summed E-state index contributed by atoms with van der Waals surface area (Å²) in [5.41, 5.74) is 0.589. The van der Waals surface area contributed by atoms with Gasteiger partial charge in [-0.15, -0.1) is 0 Å². The molecule has 1 aliphatic rings. The lowest BCUT2D eigenvalue weighted by molar-refractivity contribution is -0.132. The number of rotatable bonds is 5. The summed E-state index contributed by atoms with van der Waals surface area (Å²) < 4.78 is 10.5. The van der Waals surface area contributed by atoms with E-state index in [1.807, 2.05) is 0 Å². The maximum Gasteiger partial charge on any atom is 0.300 e. The summed E-state index contributed by atoms with van der Waals surface area (Å²) in [5, 5.41) is 21.9. The van der Waals surface area contributed by atoms with E-state index in [2.05, 4.69) is 0 Å². The van der Waals surface area contributed by atoms with Crippen molar-refractivity contribution in [1.82, 2.24) is 0 Å². The molecule has 1 fully saturated rings. The largest absolute Gasteiger partial charge is 0.507 e. The third-order valence-corrected chi connectivity index (χ3v) is 5.75. The summed E-state index contributed by atoms with van der Waals surface area (Å²) >= 11 is 6.31. The number of para-hydroxylation sites is 2. The molecule has 1 aliphatic heterocycles. The van der Waals surface area contributed by atoms with Crippen LogP contribution in [-0.2, 0) is 9.59 Å². The third-order valence-electron chi connectivity index (χ3n) is 5.42. The number of hydrogen-bond acceptors (Lipinski definition) is 6. The minimum atomic E-state index is -1.05. The number of ketones is 1. The molecule has 4 rings (SSSR count). The Morgan fingerprint density at radius 3 is 2.33 bits per heavy atom. The van der Waals surface area contributed by atoms with Crippen LogP contribution in [0.25, 0.3) is 5.76 Å². The van der Waals surface area contributed by atoms with E-state index in [0.717, 1.165) is 4.90 Å². The number of anilines is 1. The predicted octanol–water partition coefficient (Wildman–Crippen LogP) is 4.69. The number of methoxy groups -OCH3 is 2. The molecule has 1 unspecified atom stereocenters. The number of aromatic hydroxyl groups is 1. The lowest BCUT2D eigenvalue weighted by Crippen LogP contribution is -2.29. The third kappa shape index (κ3) is 3.87. The Balaban J connectivity index is 2.01. The van der Waals surface area contributed by atoms with Gasteiger partial charge in [-0.05, 0) is 48.0 Å². The van der Waals surface area contributed by atoms with Crippen LogP contribution in [0.4, 0.5) is 5.69 Å². The van der Waals surface area contributed by atoms with E-state index in [4.69, 9.17) is 21.1 Å². The van der Waals surface area contributed by atoms with Crippen LogP contribution >= 0.6 is 11.6 Å². The van der Waals surface area contributed by atoms with Crippen LogP contribution in [0.1, 0.15) is 17.2 Å². The van der Waals surface area contributed by atoms with Gasteiger partial charge in [-0.1, -0.05) is 35.9 Å². The van der Waals surface area contributed by atoms with Crippen LogP contribution < -0.4 is 14.4 Å². The number of ether oxygens (including phenoxy) is 2. The quantitative estimate of drug-likeness (QED) is 0.322. The molecule has 1 heterocycles. The molecule has 0 bridgehead atoms. The van der Waals surface area contributed by atoms with Crippen molar-refractivity contribution in [2.75, 3.05) is 19.1 Å². The molecule has 0 saturated carbocycles. The molecule has 8 heteroatoms. The van der Waals surface area contributed by atoms with Gasteiger partial charge in [0.15, 0.2) is 0 Å². The van der Waals surface area contributed by atoms with Crippen molar-refractivity contribution in [3.63, 3.8) is 0 Å². The summed E-state index contributed by atoms with van der Waals surface area (Å²) in [6, 6.07) is 16.5. The van der Waals surface area contributed by atoms with Crippen molar-refractivity contribution in [2.24, 2.45) is 0 Å². The summed E-state index contributed by atoms with van der Waals surface area (Å²) in [7, 11) is 2.95. The Kier molecular flexibility index (Phi) is 5.98. The molecule has 1 amide bonds. The molecule has 3 aromatic rings. The first kappa shape index (κ1) is 22.2. The lowest BCUT2D eigenvalue weighted by Gasteiger charge is -2.26. The first-order valence-corrected chi connectivity index (χ1v) is 10.3. The molecule has 0 aliphatic carbocycles. The van der Waals surface area contributed by atoms with Gasteiger partial charge in [0, 0.05) is 5.56 Å². The van der Waals surface area contributed by atoms with E-state index in [0.29, 0.717) is 17.1 Å². The molecule has 168 valence electrons. The number of Topliss-reactive ketones (excluding diaryl/α,β-unsaturated/α-hetero) is 1. The normalized spacial score (nSPS) is 17.3. The van der Waals surface area contributed by atoms with E-state index in [9.17, 15) is 19.8 Å². The first-order valence-electron chi connectivity index (χ1n) is 9.94. The number of hydrogen-bond donors (Lipinski definition) is 2. The van der Waals surface area contributed by atoms with Crippen LogP contribution in [0.2, 0.25) is 5.02 Å². The second-order valence-electron chi connectivity index (χ2n) is 7.28. The molecule has 1 saturated heterocycles. The number of carbonyl (C=O) groups is 2. The van der Waals surface area contributed by atoms with Crippen molar-refractivity contribution in [1.29, 1.82) is 0 Å². The molecule has 33 heavy (non-hydrogen) atoms. The van der Waals surface area contributed by atoms with Crippen LogP contribution in [0.3, 0.4) is 0 Å². The number of benzene rings is 3. The van der Waals surface area contributed by atoms with Gasteiger partial charge in [-0.3, -0.25) is 14.5 Å². The highest BCUT2D eigenvalue weighted by Gasteiger charge is 2.48. The van der Waals surface area contributed by atoms with Gasteiger partial charge in [0.2, 0.25) is 0 Å². The number of phenols is 1.